The van der Waals surface area contributed by atoms with Crippen molar-refractivity contribution >= 4 is 142 Å². The zero-order valence-corrected chi connectivity index (χ0v) is 80.8. The van der Waals surface area contributed by atoms with E-state index < -0.39 is 0 Å². The lowest BCUT2D eigenvalue weighted by atomic mass is 10.0. The van der Waals surface area contributed by atoms with Gasteiger partial charge in [-0.15, -0.1) is 18.9 Å². The van der Waals surface area contributed by atoms with Crippen LogP contribution in [0.2, 0.25) is 25.1 Å². The predicted molar refractivity (Wildman–Crippen MR) is 574 cm³/mol. The Morgan fingerprint density at radius 3 is 0.888 bits per heavy atom. The van der Waals surface area contributed by atoms with E-state index >= 15 is 0 Å². The molecule has 37 heteroatoms. The first kappa shape index (κ1) is 96.4. The quantitative estimate of drug-likeness (QED) is 0.0235. The van der Waals surface area contributed by atoms with Gasteiger partial charge in [0.05, 0.1) is 154 Å². The van der Waals surface area contributed by atoms with Crippen LogP contribution in [0, 0.1) is 24.2 Å². The molecule has 1 unspecified atom stereocenters. The van der Waals surface area contributed by atoms with E-state index in [1.807, 2.05) is 194 Å². The number of terminal acetylenes is 1. The van der Waals surface area contributed by atoms with Gasteiger partial charge in [-0.05, 0) is 121 Å². The summed E-state index contributed by atoms with van der Waals surface area (Å²) in [4.78, 5) is 106. The molecule has 2 aliphatic heterocycles. The number of aromatic amines is 10. The number of likely N-dealkylation sites (N-methyl/N-ethyl adjacent to an activating group) is 1. The molecule has 32 nitrogen and oxygen atoms in total. The van der Waals surface area contributed by atoms with Gasteiger partial charge in [-0.2, -0.15) is 25.5 Å². The highest BCUT2D eigenvalue weighted by Crippen LogP contribution is 2.41. The fraction of sp³-hybridized carbons (Fsp3) is 0.142. The molecular formula is C106H90Cl5N27O5. The van der Waals surface area contributed by atoms with Crippen LogP contribution in [0.5, 0.6) is 0 Å². The van der Waals surface area contributed by atoms with Crippen molar-refractivity contribution in [2.45, 2.75) is 38.3 Å². The minimum Gasteiger partial charge on any atom is -0.363 e. The number of halogens is 5. The van der Waals surface area contributed by atoms with Crippen LogP contribution in [0.4, 0.5) is 29.1 Å². The van der Waals surface area contributed by atoms with Crippen LogP contribution >= 0.6 is 58.0 Å². The third kappa shape index (κ3) is 22.1. The van der Waals surface area contributed by atoms with Crippen molar-refractivity contribution in [3.63, 3.8) is 0 Å². The number of H-pyrrole nitrogens is 10. The highest BCUT2D eigenvalue weighted by atomic mass is 35.5. The molecule has 0 amide bonds. The Bertz CT molecular complexity index is 8490. The molecule has 0 aliphatic carbocycles. The lowest BCUT2D eigenvalue weighted by Crippen LogP contribution is -2.38. The molecule has 15 N–H and O–H groups in total. The molecule has 2 saturated heterocycles. The molecule has 10 aromatic heterocycles. The fourth-order valence-corrected chi connectivity index (χ4v) is 18.1. The molecule has 22 rings (SSSR count). The summed E-state index contributed by atoms with van der Waals surface area (Å²) in [6, 6.07) is 67.7. The van der Waals surface area contributed by atoms with Crippen LogP contribution < -0.4 is 54.4 Å². The first-order valence-electron chi connectivity index (χ1n) is 45.4. The summed E-state index contributed by atoms with van der Waals surface area (Å²) in [7, 11) is 4.19. The van der Waals surface area contributed by atoms with Crippen LogP contribution in [0.25, 0.3) is 167 Å². The summed E-state index contributed by atoms with van der Waals surface area (Å²) in [5.74, 6) is 9.43. The van der Waals surface area contributed by atoms with Gasteiger partial charge in [-0.3, -0.25) is 49.5 Å². The van der Waals surface area contributed by atoms with Crippen molar-refractivity contribution in [2.24, 2.45) is 0 Å². The summed E-state index contributed by atoms with van der Waals surface area (Å²) in [6.07, 6.45) is 18.4. The van der Waals surface area contributed by atoms with Crippen molar-refractivity contribution in [2.75, 3.05) is 86.5 Å². The molecule has 0 radical (unpaired) electrons. The Kier molecular flexibility index (Phi) is 29.8. The maximum atomic E-state index is 13.0. The highest BCUT2D eigenvalue weighted by molar-refractivity contribution is 6.37. The van der Waals surface area contributed by atoms with Gasteiger partial charge in [0.2, 0.25) is 0 Å². The van der Waals surface area contributed by atoms with E-state index in [1.165, 1.54) is 0 Å². The molecule has 0 spiro atoms. The Labute approximate surface area is 840 Å². The van der Waals surface area contributed by atoms with Crippen LogP contribution in [-0.4, -0.2) is 183 Å². The van der Waals surface area contributed by atoms with E-state index in [4.69, 9.17) is 74.4 Å². The molecule has 2 aliphatic rings. The van der Waals surface area contributed by atoms with E-state index in [9.17, 15) is 24.0 Å². The van der Waals surface area contributed by atoms with Gasteiger partial charge in [0.15, 0.2) is 29.1 Å². The fourth-order valence-electron chi connectivity index (χ4n) is 16.8. The van der Waals surface area contributed by atoms with Gasteiger partial charge in [-0.25, -0.2) is 24.9 Å². The number of rotatable bonds is 21. The zero-order valence-electron chi connectivity index (χ0n) is 77.0. The van der Waals surface area contributed by atoms with E-state index in [-0.39, 0.29) is 63.9 Å². The van der Waals surface area contributed by atoms with Gasteiger partial charge >= 0.3 is 0 Å². The average molecular weight is 2000 g/mol. The lowest BCUT2D eigenvalue weighted by Gasteiger charge is -2.29. The van der Waals surface area contributed by atoms with Gasteiger partial charge in [0.1, 0.15) is 0 Å². The number of fused-ring (bicyclic) bond motifs is 5. The molecular weight excluding hydrogens is 1910 g/mol. The normalized spacial score (nSPS) is 13.0. The minimum absolute atomic E-state index is 0.172. The first-order chi connectivity index (χ1) is 69.7. The summed E-state index contributed by atoms with van der Waals surface area (Å²) in [6.45, 7) is 10.3. The average Bonchev–Trinajstić information content (AvgIpc) is 1.70. The molecule has 0 saturated carbocycles. The Morgan fingerprint density at radius 2 is 0.615 bits per heavy atom. The second kappa shape index (κ2) is 44.1. The van der Waals surface area contributed by atoms with Gasteiger partial charge in [0.25, 0.3) is 27.8 Å². The number of nitrogens with zero attached hydrogens (tertiary/aromatic N) is 12. The Balaban J connectivity index is 0.000000118. The number of anilines is 5. The van der Waals surface area contributed by atoms with Gasteiger partial charge in [-0.1, -0.05) is 228 Å². The van der Waals surface area contributed by atoms with E-state index in [0.717, 1.165) is 156 Å². The number of hydrogen-bond acceptors (Lipinski definition) is 22. The minimum atomic E-state index is -0.358. The van der Waals surface area contributed by atoms with Gasteiger partial charge in [0, 0.05) is 108 Å². The largest absolute Gasteiger partial charge is 0.363 e. The zero-order chi connectivity index (χ0) is 99.2. The van der Waals surface area contributed by atoms with Crippen LogP contribution in [0.3, 0.4) is 0 Å². The van der Waals surface area contributed by atoms with Crippen molar-refractivity contribution < 1.29 is 0 Å². The first-order valence-corrected chi connectivity index (χ1v) is 47.3. The maximum absolute atomic E-state index is 13.0. The predicted octanol–water partition coefficient (Wildman–Crippen LogP) is 19.9. The summed E-state index contributed by atoms with van der Waals surface area (Å²) in [5, 5.41) is 57.0. The second-order valence-electron chi connectivity index (χ2n) is 33.6. The van der Waals surface area contributed by atoms with Crippen molar-refractivity contribution in [1.29, 1.82) is 0 Å². The topological polar surface area (TPSA) is 439 Å². The monoisotopic (exact) mass is 2000 g/mol. The molecule has 10 aromatic carbocycles. The van der Waals surface area contributed by atoms with Crippen LogP contribution in [0.15, 0.2) is 280 Å². The summed E-state index contributed by atoms with van der Waals surface area (Å²) < 4.78 is 0. The molecule has 12 heterocycles. The number of aromatic nitrogens is 20. The van der Waals surface area contributed by atoms with Gasteiger partial charge < -0.3 is 61.3 Å². The van der Waals surface area contributed by atoms with Crippen molar-refractivity contribution in [3.8, 4) is 137 Å². The molecule has 0 bridgehead atoms. The van der Waals surface area contributed by atoms with Crippen molar-refractivity contribution in [3.05, 3.63) is 333 Å². The summed E-state index contributed by atoms with van der Waals surface area (Å²) in [5.41, 5.74) is 16.9. The number of likely N-dealkylation sites (tertiary alicyclic amines) is 2. The van der Waals surface area contributed by atoms with Crippen LogP contribution in [-0.2, 0) is 0 Å². The molecule has 714 valence electrons. The SMILES string of the molecule is C#CCNc1nc(-c2ccccc2)c(-c2cc(Cl)c3[nH]ncc3c2)[nH]c1=O.C=CCNc1nc(-c2ccccc2)c(-c2cc(Cl)c3[nH]ncc3c2)[nH]c1=O.CC#CCNc1nc(-c2ccccc2)c(-c2cc(Cl)c3[nH]ncc3c2)[nH]c1=O.CN1CCC(Nc2nc(-c3ccccc3)c(-c3cc(Cl)c4[nH]ncc4c3)[nH]c2=O)C1.CN1CCC(Nc2nc(-c3ccccc3)c(-c3cc(Cl)c4[nH]ncc4c3)[nH]c2=O)CC1. The van der Waals surface area contributed by atoms with E-state index in [0.29, 0.717) is 107 Å². The molecule has 1 atom stereocenters. The number of benzene rings is 10. The third-order valence-corrected chi connectivity index (χ3v) is 25.3. The third-order valence-electron chi connectivity index (χ3n) is 23.8. The van der Waals surface area contributed by atoms with Crippen LogP contribution in [0.1, 0.15) is 26.2 Å². The Morgan fingerprint density at radius 1 is 0.357 bits per heavy atom. The molecule has 143 heavy (non-hydrogen) atoms. The van der Waals surface area contributed by atoms with Crippen molar-refractivity contribution in [1.82, 2.24) is 111 Å². The number of nitrogens with one attached hydrogen (secondary N) is 15. The number of piperidine rings is 1. The highest BCUT2D eigenvalue weighted by Gasteiger charge is 2.27. The Hall–Kier alpha value is -16.8. The standard InChI is InChI=1S/C23H23ClN6O.C22H21ClN6O.C21H16ClN5O.C20H16ClN5O.C20H14ClN5O/c1-30-9-7-17(8-10-30)26-22-23(31)28-21(20(27-22)14-5-3-2-4-6-14)15-11-16-13-25-29-19(16)18(24)12-15;1-29-8-7-16(12-29)25-21-22(30)27-20(19(26-21)13-5-3-2-4-6-13)14-9-15-11-24-28-18(15)17(23)10-14;1-2-3-9-23-20-21(28)26-19(18(25-20)13-7-5-4-6-8-13)14-10-15-12-24-27-17(15)16(22)11-14;2*1-2-8-22-19-20(27)25-18(17(24-19)12-6-4-3-5-7-12)13-9-14-11-23-26-16(14)15(21)10-13/h2-6,11-13,17H,7-10H2,1H3,(H,25,29)(H,26,27)(H,28,31);2-6,9-11,16H,7-8,12H2,1H3,(H,24,28)(H,25,26)(H,27,30);4-8,10-12H,9H2,1H3,(H,23,25)(H,24,27)(H,26,28);2-7,9-11H,1,8H2,(H,22,24)(H,23,26)(H,25,27);1,3-7,9-11H,8H2,(H,22,24)(H,23,26)(H,25,27). The summed E-state index contributed by atoms with van der Waals surface area (Å²) >= 11 is 32.1. The molecule has 2 fully saturated rings. The lowest BCUT2D eigenvalue weighted by molar-refractivity contribution is 0.263. The molecule has 20 aromatic rings. The maximum Gasteiger partial charge on any atom is 0.291 e. The van der Waals surface area contributed by atoms with E-state index in [2.05, 4.69) is 166 Å². The smallest absolute Gasteiger partial charge is 0.291 e. The van der Waals surface area contributed by atoms with E-state index in [1.54, 1.807) is 62.2 Å². The number of hydrogen-bond donors (Lipinski definition) is 15. The second-order valence-corrected chi connectivity index (χ2v) is 35.6.